The molecule has 0 saturated heterocycles. The number of hydrogen-bond donors (Lipinski definition) is 3. The van der Waals surface area contributed by atoms with Gasteiger partial charge in [0.2, 0.25) is 0 Å². The predicted molar refractivity (Wildman–Crippen MR) is 78.5 cm³/mol. The lowest BCUT2D eigenvalue weighted by molar-refractivity contribution is 0.0902. The Balaban J connectivity index is 2.06. The maximum atomic E-state index is 12.2. The van der Waals surface area contributed by atoms with E-state index in [2.05, 4.69) is 16.7 Å². The van der Waals surface area contributed by atoms with E-state index in [9.17, 15) is 14.9 Å². The SMILES string of the molecule is N#CC1(NC(=O)c2ccc(NC(N)=O)cc2)CCCCC1. The van der Waals surface area contributed by atoms with Crippen LogP contribution in [0.2, 0.25) is 0 Å². The highest BCUT2D eigenvalue weighted by Gasteiger charge is 2.33. The Kier molecular flexibility index (Phi) is 4.43. The molecule has 0 aliphatic heterocycles. The van der Waals surface area contributed by atoms with E-state index in [1.54, 1.807) is 24.3 Å². The van der Waals surface area contributed by atoms with Crippen molar-refractivity contribution < 1.29 is 9.59 Å². The normalized spacial score (nSPS) is 16.5. The molecule has 110 valence electrons. The Hall–Kier alpha value is -2.55. The van der Waals surface area contributed by atoms with Crippen LogP contribution in [0.4, 0.5) is 10.5 Å². The lowest BCUT2D eigenvalue weighted by atomic mass is 9.82. The molecule has 4 N–H and O–H groups in total. The van der Waals surface area contributed by atoms with Crippen LogP contribution in [-0.4, -0.2) is 17.5 Å². The molecular weight excluding hydrogens is 268 g/mol. The van der Waals surface area contributed by atoms with Crippen molar-refractivity contribution in [2.75, 3.05) is 5.32 Å². The first-order valence-electron chi connectivity index (χ1n) is 6.95. The molecule has 0 heterocycles. The number of urea groups is 1. The monoisotopic (exact) mass is 286 g/mol. The van der Waals surface area contributed by atoms with Gasteiger partial charge in [-0.3, -0.25) is 4.79 Å². The standard InChI is InChI=1S/C15H18N4O2/c16-10-15(8-2-1-3-9-15)19-13(20)11-4-6-12(7-5-11)18-14(17)21/h4-7H,1-3,8-9H2,(H,19,20)(H3,17,18,21). The van der Waals surface area contributed by atoms with Gasteiger partial charge in [0.25, 0.3) is 5.91 Å². The number of carbonyl (C=O) groups excluding carboxylic acids is 2. The van der Waals surface area contributed by atoms with E-state index >= 15 is 0 Å². The number of nitriles is 1. The van der Waals surface area contributed by atoms with Gasteiger partial charge in [-0.05, 0) is 37.1 Å². The summed E-state index contributed by atoms with van der Waals surface area (Å²) in [6.45, 7) is 0. The van der Waals surface area contributed by atoms with E-state index in [-0.39, 0.29) is 5.91 Å². The third kappa shape index (κ3) is 3.72. The van der Waals surface area contributed by atoms with Crippen molar-refractivity contribution >= 4 is 17.6 Å². The van der Waals surface area contributed by atoms with Gasteiger partial charge in [0.05, 0.1) is 6.07 Å². The molecular formula is C15H18N4O2. The Labute approximate surface area is 123 Å². The van der Waals surface area contributed by atoms with Crippen LogP contribution in [-0.2, 0) is 0 Å². The van der Waals surface area contributed by atoms with Gasteiger partial charge in [-0.1, -0.05) is 19.3 Å². The van der Waals surface area contributed by atoms with Crippen LogP contribution in [0.25, 0.3) is 0 Å². The van der Waals surface area contributed by atoms with Gasteiger partial charge in [-0.15, -0.1) is 0 Å². The highest BCUT2D eigenvalue weighted by Crippen LogP contribution is 2.27. The smallest absolute Gasteiger partial charge is 0.316 e. The third-order valence-electron chi connectivity index (χ3n) is 3.69. The van der Waals surface area contributed by atoms with Crippen LogP contribution in [0.3, 0.4) is 0 Å². The topological polar surface area (TPSA) is 108 Å². The summed E-state index contributed by atoms with van der Waals surface area (Å²) in [5.41, 5.74) is 5.23. The van der Waals surface area contributed by atoms with Crippen molar-refractivity contribution in [2.45, 2.75) is 37.6 Å². The zero-order valence-electron chi connectivity index (χ0n) is 11.7. The van der Waals surface area contributed by atoms with Crippen molar-refractivity contribution in [3.63, 3.8) is 0 Å². The molecule has 1 saturated carbocycles. The van der Waals surface area contributed by atoms with Gasteiger partial charge < -0.3 is 16.4 Å². The molecule has 1 aliphatic carbocycles. The molecule has 0 atom stereocenters. The number of anilines is 1. The summed E-state index contributed by atoms with van der Waals surface area (Å²) in [6, 6.07) is 7.97. The largest absolute Gasteiger partial charge is 0.351 e. The maximum Gasteiger partial charge on any atom is 0.316 e. The average molecular weight is 286 g/mol. The van der Waals surface area contributed by atoms with E-state index in [0.717, 1.165) is 19.3 Å². The Morgan fingerprint density at radius 1 is 1.14 bits per heavy atom. The molecule has 0 unspecified atom stereocenters. The minimum Gasteiger partial charge on any atom is -0.351 e. The second kappa shape index (κ2) is 6.27. The fourth-order valence-corrected chi connectivity index (χ4v) is 2.56. The fraction of sp³-hybridized carbons (Fsp3) is 0.400. The summed E-state index contributed by atoms with van der Waals surface area (Å²) in [5.74, 6) is -0.274. The molecule has 1 aromatic rings. The number of nitrogens with one attached hydrogen (secondary N) is 2. The van der Waals surface area contributed by atoms with Gasteiger partial charge in [-0.25, -0.2) is 4.79 Å². The Morgan fingerprint density at radius 3 is 2.29 bits per heavy atom. The molecule has 0 aromatic heterocycles. The zero-order valence-corrected chi connectivity index (χ0v) is 11.7. The third-order valence-corrected chi connectivity index (χ3v) is 3.69. The van der Waals surface area contributed by atoms with Gasteiger partial charge in [0, 0.05) is 11.3 Å². The number of carbonyl (C=O) groups is 2. The van der Waals surface area contributed by atoms with Crippen molar-refractivity contribution in [3.8, 4) is 6.07 Å². The molecule has 0 spiro atoms. The second-order valence-electron chi connectivity index (χ2n) is 5.28. The minimum absolute atomic E-state index is 0.274. The van der Waals surface area contributed by atoms with Crippen LogP contribution in [0, 0.1) is 11.3 Å². The first-order valence-corrected chi connectivity index (χ1v) is 6.95. The molecule has 0 bridgehead atoms. The van der Waals surface area contributed by atoms with Gasteiger partial charge in [0.15, 0.2) is 0 Å². The van der Waals surface area contributed by atoms with E-state index in [0.29, 0.717) is 24.1 Å². The molecule has 1 aliphatic rings. The minimum atomic E-state index is -0.751. The summed E-state index contributed by atoms with van der Waals surface area (Å²) < 4.78 is 0. The predicted octanol–water partition coefficient (Wildman–Crippen LogP) is 2.13. The highest BCUT2D eigenvalue weighted by molar-refractivity contribution is 5.96. The number of amides is 3. The van der Waals surface area contributed by atoms with E-state index in [4.69, 9.17) is 5.73 Å². The Bertz CT molecular complexity index is 568. The summed E-state index contributed by atoms with van der Waals surface area (Å²) in [5, 5.41) is 14.6. The number of primary amides is 1. The molecule has 6 heteroatoms. The van der Waals surface area contributed by atoms with Crippen LogP contribution >= 0.6 is 0 Å². The maximum absolute atomic E-state index is 12.2. The molecule has 3 amide bonds. The summed E-state index contributed by atoms with van der Waals surface area (Å²) >= 11 is 0. The summed E-state index contributed by atoms with van der Waals surface area (Å²) in [4.78, 5) is 23.0. The van der Waals surface area contributed by atoms with E-state index in [1.165, 1.54) is 0 Å². The fourth-order valence-electron chi connectivity index (χ4n) is 2.56. The van der Waals surface area contributed by atoms with Crippen LogP contribution in [0.15, 0.2) is 24.3 Å². The summed E-state index contributed by atoms with van der Waals surface area (Å²) in [6.07, 6.45) is 4.39. The molecule has 21 heavy (non-hydrogen) atoms. The molecule has 6 nitrogen and oxygen atoms in total. The van der Waals surface area contributed by atoms with Crippen LogP contribution < -0.4 is 16.4 Å². The molecule has 1 aromatic carbocycles. The van der Waals surface area contributed by atoms with Crippen LogP contribution in [0.5, 0.6) is 0 Å². The quantitative estimate of drug-likeness (QED) is 0.792. The lowest BCUT2D eigenvalue weighted by Crippen LogP contribution is -2.48. The zero-order chi connectivity index (χ0) is 15.3. The van der Waals surface area contributed by atoms with E-state index < -0.39 is 11.6 Å². The highest BCUT2D eigenvalue weighted by atomic mass is 16.2. The average Bonchev–Trinajstić information content (AvgIpc) is 2.48. The van der Waals surface area contributed by atoms with Crippen molar-refractivity contribution in [2.24, 2.45) is 5.73 Å². The van der Waals surface area contributed by atoms with E-state index in [1.807, 2.05) is 0 Å². The first kappa shape index (κ1) is 14.9. The number of nitrogens with zero attached hydrogens (tertiary/aromatic N) is 1. The molecule has 0 radical (unpaired) electrons. The number of rotatable bonds is 3. The molecule has 1 fully saturated rings. The van der Waals surface area contributed by atoms with Crippen molar-refractivity contribution in [1.29, 1.82) is 5.26 Å². The molecule has 2 rings (SSSR count). The lowest BCUT2D eigenvalue weighted by Gasteiger charge is -2.31. The van der Waals surface area contributed by atoms with Gasteiger partial charge in [0.1, 0.15) is 5.54 Å². The van der Waals surface area contributed by atoms with Crippen molar-refractivity contribution in [1.82, 2.24) is 5.32 Å². The second-order valence-corrected chi connectivity index (χ2v) is 5.28. The Morgan fingerprint density at radius 2 is 1.76 bits per heavy atom. The van der Waals surface area contributed by atoms with Gasteiger partial charge >= 0.3 is 6.03 Å². The van der Waals surface area contributed by atoms with Gasteiger partial charge in [-0.2, -0.15) is 5.26 Å². The number of nitrogens with two attached hydrogens (primary N) is 1. The number of hydrogen-bond acceptors (Lipinski definition) is 3. The first-order chi connectivity index (χ1) is 10.0. The summed E-state index contributed by atoms with van der Waals surface area (Å²) in [7, 11) is 0. The van der Waals surface area contributed by atoms with Crippen LogP contribution in [0.1, 0.15) is 42.5 Å². The number of benzene rings is 1. The van der Waals surface area contributed by atoms with Crippen molar-refractivity contribution in [3.05, 3.63) is 29.8 Å².